The van der Waals surface area contributed by atoms with Crippen LogP contribution in [0.4, 0.5) is 0 Å². The number of carbonyl (C=O) groups excluding carboxylic acids is 1. The van der Waals surface area contributed by atoms with Crippen molar-refractivity contribution in [2.75, 3.05) is 0 Å². The highest BCUT2D eigenvalue weighted by molar-refractivity contribution is 5.89. The molecule has 0 radical (unpaired) electrons. The lowest BCUT2D eigenvalue weighted by Gasteiger charge is -2.21. The van der Waals surface area contributed by atoms with Gasteiger partial charge in [0.05, 0.1) is 16.9 Å². The second-order valence-electron chi connectivity index (χ2n) is 6.88. The van der Waals surface area contributed by atoms with E-state index in [-0.39, 0.29) is 6.61 Å². The number of aryl methyl sites for hydroxylation is 1. The van der Waals surface area contributed by atoms with Crippen molar-refractivity contribution in [1.82, 2.24) is 15.0 Å². The summed E-state index contributed by atoms with van der Waals surface area (Å²) >= 11 is 0. The summed E-state index contributed by atoms with van der Waals surface area (Å²) in [6.07, 6.45) is 0. The molecule has 0 aliphatic rings. The summed E-state index contributed by atoms with van der Waals surface area (Å²) in [7, 11) is 0. The first-order valence-corrected chi connectivity index (χ1v) is 8.94. The maximum atomic E-state index is 12.3. The van der Waals surface area contributed by atoms with E-state index in [1.54, 1.807) is 6.92 Å². The predicted molar refractivity (Wildman–Crippen MR) is 104 cm³/mol. The number of esters is 1. The minimum Gasteiger partial charge on any atom is -0.478 e. The Balaban J connectivity index is 1.63. The lowest BCUT2D eigenvalue weighted by Crippen LogP contribution is -2.37. The number of carboxylic acids is 1. The summed E-state index contributed by atoms with van der Waals surface area (Å²) < 4.78 is 10.7. The van der Waals surface area contributed by atoms with E-state index in [1.807, 2.05) is 30.3 Å². The molecule has 0 atom stereocenters. The number of carboxylic acid groups (broad SMARTS) is 1. The molecule has 1 aromatic heterocycles. The summed E-state index contributed by atoms with van der Waals surface area (Å²) in [5.41, 5.74) is 0.989. The van der Waals surface area contributed by atoms with Crippen LogP contribution in [0.1, 0.15) is 35.6 Å². The Hall–Kier alpha value is -3.68. The van der Waals surface area contributed by atoms with E-state index in [2.05, 4.69) is 10.2 Å². The van der Waals surface area contributed by atoms with Crippen molar-refractivity contribution in [2.45, 2.75) is 33.0 Å². The number of aromatic nitrogens is 3. The zero-order chi connectivity index (χ0) is 21.0. The molecule has 0 unspecified atom stereocenters. The number of rotatable bonds is 7. The summed E-state index contributed by atoms with van der Waals surface area (Å²) in [5.74, 6) is -1.27. The lowest BCUT2D eigenvalue weighted by molar-refractivity contribution is -0.152. The molecule has 3 aromatic rings. The molecule has 0 saturated carbocycles. The van der Waals surface area contributed by atoms with Crippen LogP contribution in [-0.4, -0.2) is 37.6 Å². The monoisotopic (exact) mass is 395 g/mol. The van der Waals surface area contributed by atoms with Crippen LogP contribution in [0.3, 0.4) is 0 Å². The third-order valence-electron chi connectivity index (χ3n) is 4.18. The fraction of sp³-hybridized carbons (Fsp3) is 0.238. The first-order valence-electron chi connectivity index (χ1n) is 8.94. The first-order chi connectivity index (χ1) is 13.8. The highest BCUT2D eigenvalue weighted by Crippen LogP contribution is 2.20. The topological polar surface area (TPSA) is 104 Å². The highest BCUT2D eigenvalue weighted by Gasteiger charge is 2.29. The maximum absolute atomic E-state index is 12.3. The van der Waals surface area contributed by atoms with Gasteiger partial charge in [-0.2, -0.15) is 9.90 Å². The fourth-order valence-corrected chi connectivity index (χ4v) is 2.43. The molecular formula is C21H21N3O5. The van der Waals surface area contributed by atoms with Crippen molar-refractivity contribution in [1.29, 1.82) is 0 Å². The average Bonchev–Trinajstić information content (AvgIpc) is 3.07. The van der Waals surface area contributed by atoms with Crippen LogP contribution in [0.25, 0.3) is 5.69 Å². The van der Waals surface area contributed by atoms with Gasteiger partial charge in [-0.3, -0.25) is 0 Å². The number of nitrogens with zero attached hydrogens (tertiary/aromatic N) is 3. The van der Waals surface area contributed by atoms with Crippen molar-refractivity contribution in [3.63, 3.8) is 0 Å². The molecule has 0 saturated heterocycles. The molecule has 0 aliphatic carbocycles. The number of ether oxygens (including phenoxy) is 2. The molecule has 0 amide bonds. The van der Waals surface area contributed by atoms with Gasteiger partial charge >= 0.3 is 11.9 Å². The standard InChI is InChI=1S/C21H21N3O5/c1-14-18(23-24(22-14)16-7-5-4-6-8-16)13-28-19(25)15-9-11-17(12-10-15)29-21(2,3)20(26)27/h4-12H,13H2,1-3H3,(H,26,27). The second kappa shape index (κ2) is 8.14. The SMILES string of the molecule is Cc1nn(-c2ccccc2)nc1COC(=O)c1ccc(OC(C)(C)C(=O)O)cc1. The van der Waals surface area contributed by atoms with Gasteiger partial charge in [-0.05, 0) is 57.2 Å². The van der Waals surface area contributed by atoms with Gasteiger partial charge in [0.2, 0.25) is 0 Å². The Morgan fingerprint density at radius 3 is 2.31 bits per heavy atom. The number of benzene rings is 2. The Bertz CT molecular complexity index is 1010. The quantitative estimate of drug-likeness (QED) is 0.613. The molecular weight excluding hydrogens is 374 g/mol. The van der Waals surface area contributed by atoms with Gasteiger partial charge in [-0.1, -0.05) is 18.2 Å². The van der Waals surface area contributed by atoms with Gasteiger partial charge < -0.3 is 14.6 Å². The van der Waals surface area contributed by atoms with Crippen LogP contribution in [-0.2, 0) is 16.1 Å². The fourth-order valence-electron chi connectivity index (χ4n) is 2.43. The van der Waals surface area contributed by atoms with Gasteiger partial charge in [0.25, 0.3) is 0 Å². The van der Waals surface area contributed by atoms with Crippen molar-refractivity contribution in [2.24, 2.45) is 0 Å². The summed E-state index contributed by atoms with van der Waals surface area (Å²) in [6.45, 7) is 4.68. The van der Waals surface area contributed by atoms with E-state index in [4.69, 9.17) is 14.6 Å². The van der Waals surface area contributed by atoms with Crippen molar-refractivity contribution in [3.8, 4) is 11.4 Å². The van der Waals surface area contributed by atoms with Gasteiger partial charge in [0.1, 0.15) is 18.1 Å². The van der Waals surface area contributed by atoms with Gasteiger partial charge in [-0.25, -0.2) is 9.59 Å². The molecule has 0 aliphatic heterocycles. The molecule has 3 rings (SSSR count). The lowest BCUT2D eigenvalue weighted by atomic mass is 10.1. The Labute approximate surface area is 167 Å². The van der Waals surface area contributed by atoms with Crippen molar-refractivity contribution in [3.05, 3.63) is 71.5 Å². The molecule has 1 N–H and O–H groups in total. The molecule has 8 heteroatoms. The average molecular weight is 395 g/mol. The van der Waals surface area contributed by atoms with Crippen LogP contribution in [0.15, 0.2) is 54.6 Å². The number of hydrogen-bond acceptors (Lipinski definition) is 6. The number of para-hydroxylation sites is 1. The third-order valence-corrected chi connectivity index (χ3v) is 4.18. The Morgan fingerprint density at radius 2 is 1.69 bits per heavy atom. The first kappa shape index (κ1) is 20.1. The maximum Gasteiger partial charge on any atom is 0.347 e. The number of aliphatic carboxylic acids is 1. The van der Waals surface area contributed by atoms with E-state index >= 15 is 0 Å². The smallest absolute Gasteiger partial charge is 0.347 e. The molecule has 8 nitrogen and oxygen atoms in total. The van der Waals surface area contributed by atoms with Crippen molar-refractivity contribution >= 4 is 11.9 Å². The predicted octanol–water partition coefficient (Wildman–Crippen LogP) is 3.17. The van der Waals surface area contributed by atoms with Crippen molar-refractivity contribution < 1.29 is 24.2 Å². The summed E-state index contributed by atoms with van der Waals surface area (Å²) in [5, 5.41) is 17.8. The van der Waals surface area contributed by atoms with Crippen LogP contribution in [0, 0.1) is 6.92 Å². The molecule has 29 heavy (non-hydrogen) atoms. The second-order valence-corrected chi connectivity index (χ2v) is 6.88. The molecule has 2 aromatic carbocycles. The van der Waals surface area contributed by atoms with E-state index in [0.29, 0.717) is 22.7 Å². The molecule has 0 spiro atoms. The zero-order valence-corrected chi connectivity index (χ0v) is 16.3. The zero-order valence-electron chi connectivity index (χ0n) is 16.3. The van der Waals surface area contributed by atoms with Crippen LogP contribution in [0.5, 0.6) is 5.75 Å². The largest absolute Gasteiger partial charge is 0.478 e. The molecule has 0 fully saturated rings. The van der Waals surface area contributed by atoms with Crippen LogP contribution < -0.4 is 4.74 Å². The normalized spacial score (nSPS) is 11.1. The van der Waals surface area contributed by atoms with Crippen LogP contribution in [0.2, 0.25) is 0 Å². The number of carbonyl (C=O) groups is 2. The highest BCUT2D eigenvalue weighted by atomic mass is 16.5. The van der Waals surface area contributed by atoms with E-state index in [1.165, 1.54) is 42.9 Å². The Kier molecular flexibility index (Phi) is 5.63. The van der Waals surface area contributed by atoms with E-state index in [0.717, 1.165) is 5.69 Å². The van der Waals surface area contributed by atoms with E-state index in [9.17, 15) is 9.59 Å². The van der Waals surface area contributed by atoms with Gasteiger partial charge in [0, 0.05) is 0 Å². The number of hydrogen-bond donors (Lipinski definition) is 1. The molecule has 0 bridgehead atoms. The Morgan fingerprint density at radius 1 is 1.03 bits per heavy atom. The summed E-state index contributed by atoms with van der Waals surface area (Å²) in [4.78, 5) is 24.9. The van der Waals surface area contributed by atoms with Gasteiger partial charge in [0.15, 0.2) is 5.60 Å². The summed E-state index contributed by atoms with van der Waals surface area (Å²) in [6, 6.07) is 15.5. The molecule has 1 heterocycles. The van der Waals surface area contributed by atoms with E-state index < -0.39 is 17.5 Å². The van der Waals surface area contributed by atoms with Gasteiger partial charge in [-0.15, -0.1) is 5.10 Å². The molecule has 150 valence electrons. The third kappa shape index (κ3) is 4.78. The minimum absolute atomic E-state index is 0.0121. The minimum atomic E-state index is -1.37. The van der Waals surface area contributed by atoms with Crippen LogP contribution >= 0.6 is 0 Å².